The van der Waals surface area contributed by atoms with Crippen molar-refractivity contribution < 1.29 is 0 Å². The average molecular weight is 261 g/mol. The summed E-state index contributed by atoms with van der Waals surface area (Å²) < 4.78 is 2.26. The van der Waals surface area contributed by atoms with E-state index in [-0.39, 0.29) is 0 Å². The molecule has 3 nitrogen and oxygen atoms in total. The van der Waals surface area contributed by atoms with Gasteiger partial charge in [0.15, 0.2) is 0 Å². The lowest BCUT2D eigenvalue weighted by atomic mass is 10.2. The van der Waals surface area contributed by atoms with Crippen molar-refractivity contribution in [1.82, 2.24) is 14.5 Å². The third-order valence-corrected chi connectivity index (χ3v) is 3.77. The Kier molecular flexibility index (Phi) is 2.39. The van der Waals surface area contributed by atoms with Crippen molar-refractivity contribution in [2.45, 2.75) is 13.5 Å². The molecule has 0 fully saturated rings. The monoisotopic (exact) mass is 261 g/mol. The SMILES string of the molecule is CCn1cc(-c2nc3ccccc3[nH]2)c2ccccc21. The predicted molar refractivity (Wildman–Crippen MR) is 82.7 cm³/mol. The molecule has 0 saturated carbocycles. The van der Waals surface area contributed by atoms with Crippen LogP contribution in [-0.4, -0.2) is 14.5 Å². The third kappa shape index (κ3) is 1.56. The molecule has 2 aromatic carbocycles. The van der Waals surface area contributed by atoms with Crippen LogP contribution in [0.2, 0.25) is 0 Å². The number of imidazole rings is 1. The highest BCUT2D eigenvalue weighted by atomic mass is 15.0. The molecule has 0 spiro atoms. The fourth-order valence-corrected chi connectivity index (χ4v) is 2.78. The van der Waals surface area contributed by atoms with Gasteiger partial charge >= 0.3 is 0 Å². The van der Waals surface area contributed by atoms with Gasteiger partial charge < -0.3 is 9.55 Å². The molecule has 4 aromatic rings. The molecule has 98 valence electrons. The topological polar surface area (TPSA) is 33.6 Å². The predicted octanol–water partition coefficient (Wildman–Crippen LogP) is 4.20. The molecule has 2 aromatic heterocycles. The van der Waals surface area contributed by atoms with Gasteiger partial charge in [0.05, 0.1) is 11.0 Å². The zero-order valence-corrected chi connectivity index (χ0v) is 11.3. The van der Waals surface area contributed by atoms with Gasteiger partial charge in [0.25, 0.3) is 0 Å². The highest BCUT2D eigenvalue weighted by Gasteiger charge is 2.12. The van der Waals surface area contributed by atoms with E-state index in [9.17, 15) is 0 Å². The van der Waals surface area contributed by atoms with Crippen molar-refractivity contribution in [2.24, 2.45) is 0 Å². The Morgan fingerprint density at radius 1 is 1.05 bits per heavy atom. The average Bonchev–Trinajstić information content (AvgIpc) is 3.08. The van der Waals surface area contributed by atoms with Gasteiger partial charge in [-0.25, -0.2) is 4.98 Å². The van der Waals surface area contributed by atoms with E-state index in [1.54, 1.807) is 0 Å². The van der Waals surface area contributed by atoms with Crippen molar-refractivity contribution in [3.63, 3.8) is 0 Å². The lowest BCUT2D eigenvalue weighted by Crippen LogP contribution is -1.89. The van der Waals surface area contributed by atoms with E-state index in [1.165, 1.54) is 16.5 Å². The van der Waals surface area contributed by atoms with Crippen molar-refractivity contribution in [3.8, 4) is 11.4 Å². The van der Waals surface area contributed by atoms with Crippen LogP contribution in [0.4, 0.5) is 0 Å². The molecule has 0 saturated heterocycles. The van der Waals surface area contributed by atoms with Crippen LogP contribution >= 0.6 is 0 Å². The number of aryl methyl sites for hydroxylation is 1. The number of hydrogen-bond acceptors (Lipinski definition) is 1. The van der Waals surface area contributed by atoms with E-state index in [2.05, 4.69) is 53.0 Å². The molecule has 2 heterocycles. The second kappa shape index (κ2) is 4.23. The fourth-order valence-electron chi connectivity index (χ4n) is 2.78. The lowest BCUT2D eigenvalue weighted by Gasteiger charge is -1.97. The first-order valence-electron chi connectivity index (χ1n) is 6.90. The molecule has 3 heteroatoms. The van der Waals surface area contributed by atoms with E-state index in [4.69, 9.17) is 4.98 Å². The maximum atomic E-state index is 4.71. The molecule has 4 rings (SSSR count). The Bertz CT molecular complexity index is 866. The summed E-state index contributed by atoms with van der Waals surface area (Å²) in [5.41, 5.74) is 4.51. The highest BCUT2D eigenvalue weighted by Crippen LogP contribution is 2.30. The number of benzene rings is 2. The smallest absolute Gasteiger partial charge is 0.140 e. The molecule has 0 radical (unpaired) electrons. The number of fused-ring (bicyclic) bond motifs is 2. The number of nitrogens with one attached hydrogen (secondary N) is 1. The Morgan fingerprint density at radius 2 is 1.85 bits per heavy atom. The number of hydrogen-bond donors (Lipinski definition) is 1. The van der Waals surface area contributed by atoms with E-state index >= 15 is 0 Å². The molecule has 0 aliphatic carbocycles. The minimum Gasteiger partial charge on any atom is -0.347 e. The maximum absolute atomic E-state index is 4.71. The van der Waals surface area contributed by atoms with E-state index < -0.39 is 0 Å². The summed E-state index contributed by atoms with van der Waals surface area (Å²) in [7, 11) is 0. The molecular weight excluding hydrogens is 246 g/mol. The summed E-state index contributed by atoms with van der Waals surface area (Å²) in [4.78, 5) is 8.13. The molecule has 0 aliphatic heterocycles. The van der Waals surface area contributed by atoms with Crippen LogP contribution in [0.3, 0.4) is 0 Å². The second-order valence-electron chi connectivity index (χ2n) is 4.95. The summed E-state index contributed by atoms with van der Waals surface area (Å²) in [6.45, 7) is 3.12. The Morgan fingerprint density at radius 3 is 2.70 bits per heavy atom. The molecule has 20 heavy (non-hydrogen) atoms. The van der Waals surface area contributed by atoms with Crippen LogP contribution in [0, 0.1) is 0 Å². The van der Waals surface area contributed by atoms with Crippen LogP contribution in [-0.2, 0) is 6.54 Å². The highest BCUT2D eigenvalue weighted by molar-refractivity contribution is 5.96. The van der Waals surface area contributed by atoms with Gasteiger partial charge in [-0.3, -0.25) is 0 Å². The Hall–Kier alpha value is -2.55. The van der Waals surface area contributed by atoms with Crippen molar-refractivity contribution in [2.75, 3.05) is 0 Å². The number of aromatic nitrogens is 3. The minimum absolute atomic E-state index is 0.939. The first-order valence-corrected chi connectivity index (χ1v) is 6.90. The van der Waals surface area contributed by atoms with Crippen molar-refractivity contribution in [1.29, 1.82) is 0 Å². The first-order chi connectivity index (χ1) is 9.86. The first kappa shape index (κ1) is 11.3. The van der Waals surface area contributed by atoms with E-state index in [0.717, 1.165) is 23.4 Å². The van der Waals surface area contributed by atoms with Crippen LogP contribution in [0.5, 0.6) is 0 Å². The number of aromatic amines is 1. The maximum Gasteiger partial charge on any atom is 0.140 e. The van der Waals surface area contributed by atoms with Crippen molar-refractivity contribution >= 4 is 21.9 Å². The molecule has 0 amide bonds. The Labute approximate surface area is 116 Å². The van der Waals surface area contributed by atoms with Crippen LogP contribution in [0.1, 0.15) is 6.92 Å². The van der Waals surface area contributed by atoms with Crippen molar-refractivity contribution in [3.05, 3.63) is 54.7 Å². The molecule has 0 bridgehead atoms. The lowest BCUT2D eigenvalue weighted by molar-refractivity contribution is 0.798. The molecule has 1 N–H and O–H groups in total. The van der Waals surface area contributed by atoms with Gasteiger partial charge in [0.1, 0.15) is 5.82 Å². The summed E-state index contributed by atoms with van der Waals surface area (Å²) >= 11 is 0. The van der Waals surface area contributed by atoms with Crippen LogP contribution < -0.4 is 0 Å². The van der Waals surface area contributed by atoms with E-state index in [0.29, 0.717) is 0 Å². The number of para-hydroxylation sites is 3. The molecule has 0 atom stereocenters. The quantitative estimate of drug-likeness (QED) is 0.576. The number of H-pyrrole nitrogens is 1. The molecule has 0 unspecified atom stereocenters. The summed E-state index contributed by atoms with van der Waals surface area (Å²) in [5, 5.41) is 1.24. The summed E-state index contributed by atoms with van der Waals surface area (Å²) in [5.74, 6) is 0.939. The minimum atomic E-state index is 0.939. The number of rotatable bonds is 2. The van der Waals surface area contributed by atoms with Crippen LogP contribution in [0.15, 0.2) is 54.7 Å². The van der Waals surface area contributed by atoms with Crippen LogP contribution in [0.25, 0.3) is 33.3 Å². The van der Waals surface area contributed by atoms with Gasteiger partial charge in [-0.15, -0.1) is 0 Å². The summed E-state index contributed by atoms with van der Waals surface area (Å²) in [6.07, 6.45) is 2.18. The van der Waals surface area contributed by atoms with E-state index in [1.807, 2.05) is 18.2 Å². The summed E-state index contributed by atoms with van der Waals surface area (Å²) in [6, 6.07) is 16.6. The normalized spacial score (nSPS) is 11.4. The van der Waals surface area contributed by atoms with Gasteiger partial charge in [0.2, 0.25) is 0 Å². The third-order valence-electron chi connectivity index (χ3n) is 3.77. The molecule has 0 aliphatic rings. The fraction of sp³-hybridized carbons (Fsp3) is 0.118. The zero-order chi connectivity index (χ0) is 13.5. The van der Waals surface area contributed by atoms with Gasteiger partial charge in [-0.2, -0.15) is 0 Å². The van der Waals surface area contributed by atoms with Gasteiger partial charge in [-0.05, 0) is 25.1 Å². The molecular formula is C17H15N3. The van der Waals surface area contributed by atoms with Gasteiger partial charge in [0, 0.05) is 29.2 Å². The Balaban J connectivity index is 2.01. The number of nitrogens with zero attached hydrogens (tertiary/aromatic N) is 2. The standard InChI is InChI=1S/C17H15N3/c1-2-20-11-13(12-7-3-6-10-16(12)20)17-18-14-8-4-5-9-15(14)19-17/h3-11H,2H2,1H3,(H,18,19). The van der Waals surface area contributed by atoms with Gasteiger partial charge in [-0.1, -0.05) is 30.3 Å². The zero-order valence-electron chi connectivity index (χ0n) is 11.3. The largest absolute Gasteiger partial charge is 0.347 e. The second-order valence-corrected chi connectivity index (χ2v) is 4.95.